The molecule has 122 valence electrons. The predicted molar refractivity (Wildman–Crippen MR) is 91.0 cm³/mol. The van der Waals surface area contributed by atoms with Crippen molar-refractivity contribution in [3.8, 4) is 0 Å². The van der Waals surface area contributed by atoms with Crippen molar-refractivity contribution in [1.82, 2.24) is 19.8 Å². The second kappa shape index (κ2) is 6.94. The van der Waals surface area contributed by atoms with Crippen LogP contribution in [0.5, 0.6) is 0 Å². The van der Waals surface area contributed by atoms with Crippen LogP contribution in [0.1, 0.15) is 37.7 Å². The van der Waals surface area contributed by atoms with E-state index in [9.17, 15) is 4.39 Å². The Labute approximate surface area is 142 Å². The molecule has 2 aromatic heterocycles. The van der Waals surface area contributed by atoms with E-state index in [4.69, 9.17) is 5.73 Å². The standard InChI is InChI=1S/C15H18FN5S2/c1-9(2)7-12(17)13-18-19-14-21(13)20-15(23-14)22-8-10-5-3-4-6-11(10)16/h3-6,9,12H,7-8,17H2,1-2H3. The van der Waals surface area contributed by atoms with E-state index in [1.165, 1.54) is 29.2 Å². The largest absolute Gasteiger partial charge is 0.321 e. The molecule has 1 atom stereocenters. The molecule has 5 nitrogen and oxygen atoms in total. The molecule has 0 bridgehead atoms. The molecule has 0 amide bonds. The van der Waals surface area contributed by atoms with Gasteiger partial charge in [-0.05, 0) is 24.0 Å². The summed E-state index contributed by atoms with van der Waals surface area (Å²) >= 11 is 2.93. The maximum Gasteiger partial charge on any atom is 0.235 e. The Morgan fingerprint density at radius 2 is 2.09 bits per heavy atom. The first-order chi connectivity index (χ1) is 11.0. The van der Waals surface area contributed by atoms with Crippen molar-refractivity contribution >= 4 is 28.1 Å². The zero-order valence-electron chi connectivity index (χ0n) is 12.9. The lowest BCUT2D eigenvalue weighted by Gasteiger charge is -2.10. The molecule has 0 aliphatic heterocycles. The number of nitrogens with two attached hydrogens (primary N) is 1. The normalized spacial score (nSPS) is 13.1. The van der Waals surface area contributed by atoms with Crippen molar-refractivity contribution < 1.29 is 4.39 Å². The van der Waals surface area contributed by atoms with Crippen molar-refractivity contribution in [2.24, 2.45) is 11.7 Å². The molecule has 8 heteroatoms. The third kappa shape index (κ3) is 3.70. The summed E-state index contributed by atoms with van der Waals surface area (Å²) in [7, 11) is 0. The fourth-order valence-corrected chi connectivity index (χ4v) is 4.14. The Kier molecular flexibility index (Phi) is 4.93. The lowest BCUT2D eigenvalue weighted by Crippen LogP contribution is -2.16. The van der Waals surface area contributed by atoms with Crippen molar-refractivity contribution in [3.63, 3.8) is 0 Å². The highest BCUT2D eigenvalue weighted by Gasteiger charge is 2.19. The van der Waals surface area contributed by atoms with Crippen LogP contribution in [0.4, 0.5) is 4.39 Å². The monoisotopic (exact) mass is 351 g/mol. The van der Waals surface area contributed by atoms with E-state index < -0.39 is 0 Å². The molecule has 0 saturated heterocycles. The van der Waals surface area contributed by atoms with E-state index in [2.05, 4.69) is 29.1 Å². The smallest absolute Gasteiger partial charge is 0.235 e. The Morgan fingerprint density at radius 3 is 2.83 bits per heavy atom. The van der Waals surface area contributed by atoms with Crippen LogP contribution in [0.25, 0.3) is 4.96 Å². The fraction of sp³-hybridized carbons (Fsp3) is 0.400. The van der Waals surface area contributed by atoms with E-state index >= 15 is 0 Å². The van der Waals surface area contributed by atoms with Crippen LogP contribution in [0.15, 0.2) is 28.6 Å². The first kappa shape index (κ1) is 16.4. The van der Waals surface area contributed by atoms with Gasteiger partial charge in [0.25, 0.3) is 0 Å². The molecule has 0 fully saturated rings. The summed E-state index contributed by atoms with van der Waals surface area (Å²) < 4.78 is 16.2. The van der Waals surface area contributed by atoms with Crippen molar-refractivity contribution in [2.45, 2.75) is 36.4 Å². The van der Waals surface area contributed by atoms with Crippen LogP contribution >= 0.6 is 23.1 Å². The number of hydrogen-bond donors (Lipinski definition) is 1. The summed E-state index contributed by atoms with van der Waals surface area (Å²) in [5.74, 6) is 1.50. The highest BCUT2D eigenvalue weighted by Crippen LogP contribution is 2.29. The van der Waals surface area contributed by atoms with Gasteiger partial charge in [0.1, 0.15) is 5.82 Å². The Hall–Kier alpha value is -1.51. The lowest BCUT2D eigenvalue weighted by atomic mass is 10.0. The van der Waals surface area contributed by atoms with Gasteiger partial charge in [-0.1, -0.05) is 55.1 Å². The minimum absolute atomic E-state index is 0.184. The fourth-order valence-electron chi connectivity index (χ4n) is 2.27. The first-order valence-electron chi connectivity index (χ1n) is 7.38. The van der Waals surface area contributed by atoms with Gasteiger partial charge in [-0.25, -0.2) is 4.39 Å². The van der Waals surface area contributed by atoms with Crippen LogP contribution in [0.3, 0.4) is 0 Å². The van der Waals surface area contributed by atoms with Gasteiger partial charge in [0, 0.05) is 5.75 Å². The van der Waals surface area contributed by atoms with E-state index in [-0.39, 0.29) is 11.9 Å². The molecule has 3 rings (SSSR count). The number of rotatable bonds is 6. The minimum atomic E-state index is -0.192. The number of aromatic nitrogens is 4. The number of benzene rings is 1. The number of halogens is 1. The van der Waals surface area contributed by atoms with E-state index in [0.717, 1.165) is 15.7 Å². The number of nitrogens with zero attached hydrogens (tertiary/aromatic N) is 4. The summed E-state index contributed by atoms with van der Waals surface area (Å²) in [6.07, 6.45) is 0.829. The van der Waals surface area contributed by atoms with Crippen molar-refractivity contribution in [3.05, 3.63) is 41.5 Å². The summed E-state index contributed by atoms with van der Waals surface area (Å²) in [6, 6.07) is 6.59. The highest BCUT2D eigenvalue weighted by atomic mass is 32.2. The van der Waals surface area contributed by atoms with Gasteiger partial charge in [0.2, 0.25) is 4.96 Å². The molecule has 0 spiro atoms. The lowest BCUT2D eigenvalue weighted by molar-refractivity contribution is 0.485. The maximum absolute atomic E-state index is 13.7. The first-order valence-corrected chi connectivity index (χ1v) is 9.18. The molecule has 0 aliphatic carbocycles. The van der Waals surface area contributed by atoms with E-state index in [0.29, 0.717) is 23.1 Å². The van der Waals surface area contributed by atoms with Crippen LogP contribution in [0.2, 0.25) is 0 Å². The molecular formula is C15H18FN5S2. The molecule has 2 heterocycles. The Balaban J connectivity index is 1.76. The number of thioether (sulfide) groups is 1. The van der Waals surface area contributed by atoms with Crippen LogP contribution in [-0.2, 0) is 5.75 Å². The number of fused-ring (bicyclic) bond motifs is 1. The van der Waals surface area contributed by atoms with Gasteiger partial charge in [-0.2, -0.15) is 4.52 Å². The average Bonchev–Trinajstić information content (AvgIpc) is 3.05. The average molecular weight is 351 g/mol. The van der Waals surface area contributed by atoms with Crippen LogP contribution in [0, 0.1) is 11.7 Å². The minimum Gasteiger partial charge on any atom is -0.321 e. The van der Waals surface area contributed by atoms with Gasteiger partial charge in [-0.3, -0.25) is 0 Å². The Morgan fingerprint density at radius 1 is 1.30 bits per heavy atom. The predicted octanol–water partition coefficient (Wildman–Crippen LogP) is 3.66. The second-order valence-electron chi connectivity index (χ2n) is 5.74. The van der Waals surface area contributed by atoms with Gasteiger partial charge < -0.3 is 5.73 Å². The molecule has 0 saturated carbocycles. The molecule has 1 unspecified atom stereocenters. The van der Waals surface area contributed by atoms with Gasteiger partial charge in [-0.15, -0.1) is 15.3 Å². The third-order valence-corrected chi connectivity index (χ3v) is 5.44. The van der Waals surface area contributed by atoms with E-state index in [1.54, 1.807) is 16.6 Å². The van der Waals surface area contributed by atoms with Gasteiger partial charge in [0.05, 0.1) is 6.04 Å². The molecule has 1 aromatic carbocycles. The molecule has 0 aliphatic rings. The van der Waals surface area contributed by atoms with Crippen molar-refractivity contribution in [2.75, 3.05) is 0 Å². The van der Waals surface area contributed by atoms with Gasteiger partial charge >= 0.3 is 0 Å². The van der Waals surface area contributed by atoms with Crippen LogP contribution in [-0.4, -0.2) is 19.8 Å². The molecule has 23 heavy (non-hydrogen) atoms. The molecule has 2 N–H and O–H groups in total. The maximum atomic E-state index is 13.7. The zero-order chi connectivity index (χ0) is 16.4. The van der Waals surface area contributed by atoms with Gasteiger partial charge in [0.15, 0.2) is 10.2 Å². The highest BCUT2D eigenvalue weighted by molar-refractivity contribution is 8.00. The molecule has 3 aromatic rings. The van der Waals surface area contributed by atoms with E-state index in [1.807, 2.05) is 6.07 Å². The van der Waals surface area contributed by atoms with Crippen molar-refractivity contribution in [1.29, 1.82) is 0 Å². The quantitative estimate of drug-likeness (QED) is 0.686. The zero-order valence-corrected chi connectivity index (χ0v) is 14.6. The second-order valence-corrected chi connectivity index (χ2v) is 7.92. The third-order valence-electron chi connectivity index (χ3n) is 3.36. The Bertz CT molecular complexity index is 798. The summed E-state index contributed by atoms with van der Waals surface area (Å²) in [5, 5.41) is 12.8. The van der Waals surface area contributed by atoms with Crippen LogP contribution < -0.4 is 5.73 Å². The summed E-state index contributed by atoms with van der Waals surface area (Å²) in [6.45, 7) is 4.24. The SMILES string of the molecule is CC(C)CC(N)c1nnc2sc(SCc3ccccc3F)nn12. The number of hydrogen-bond acceptors (Lipinski definition) is 6. The topological polar surface area (TPSA) is 69.1 Å². The molecule has 0 radical (unpaired) electrons. The summed E-state index contributed by atoms with van der Waals surface area (Å²) in [5.41, 5.74) is 6.85. The molecular weight excluding hydrogens is 333 g/mol. The summed E-state index contributed by atoms with van der Waals surface area (Å²) in [4.78, 5) is 0.718.